The van der Waals surface area contributed by atoms with Crippen LogP contribution in [0.3, 0.4) is 0 Å². The number of thiophene rings is 1. The molecule has 0 aliphatic carbocycles. The van der Waals surface area contributed by atoms with Crippen molar-refractivity contribution in [3.8, 4) is 5.00 Å². The fourth-order valence-electron chi connectivity index (χ4n) is 3.56. The zero-order valence-corrected chi connectivity index (χ0v) is 16.8. The van der Waals surface area contributed by atoms with Crippen LogP contribution in [0.15, 0.2) is 29.3 Å². The molecule has 1 aromatic carbocycles. The highest BCUT2D eigenvalue weighted by Gasteiger charge is 2.30. The van der Waals surface area contributed by atoms with Crippen molar-refractivity contribution in [1.29, 1.82) is 0 Å². The molecular weight excluding hydrogens is 340 g/mol. The fraction of sp³-hybridized carbons (Fsp3) is 0.381. The van der Waals surface area contributed by atoms with Gasteiger partial charge < -0.3 is 0 Å². The van der Waals surface area contributed by atoms with E-state index < -0.39 is 0 Å². The summed E-state index contributed by atoms with van der Waals surface area (Å²) in [5.74, 6) is 1.88. The van der Waals surface area contributed by atoms with Crippen LogP contribution in [0.2, 0.25) is 0 Å². The van der Waals surface area contributed by atoms with E-state index in [1.54, 1.807) is 0 Å². The number of benzene rings is 1. The second kappa shape index (κ2) is 6.47. The number of aromatic nitrogens is 3. The van der Waals surface area contributed by atoms with Crippen LogP contribution in [0.4, 0.5) is 0 Å². The molecule has 1 aliphatic rings. The molecular formula is C21H24N4S. The Labute approximate surface area is 158 Å². The van der Waals surface area contributed by atoms with Crippen molar-refractivity contribution in [1.82, 2.24) is 14.8 Å². The predicted molar refractivity (Wildman–Crippen MR) is 108 cm³/mol. The SMILES string of the molecule is CCc1ccc(C2=N[C@@H](CC)c3nnc(C)n3-c3sc(C)c(C)c32)cc1. The Hall–Kier alpha value is -2.27. The lowest BCUT2D eigenvalue weighted by Crippen LogP contribution is -2.07. The molecule has 0 saturated carbocycles. The summed E-state index contributed by atoms with van der Waals surface area (Å²) < 4.78 is 2.21. The van der Waals surface area contributed by atoms with E-state index in [-0.39, 0.29) is 6.04 Å². The Kier molecular flexibility index (Phi) is 4.27. The monoisotopic (exact) mass is 364 g/mol. The number of fused-ring (bicyclic) bond motifs is 3. The summed E-state index contributed by atoms with van der Waals surface area (Å²) in [7, 11) is 0. The molecule has 0 saturated heterocycles. The first-order chi connectivity index (χ1) is 12.5. The number of aryl methyl sites for hydroxylation is 3. The van der Waals surface area contributed by atoms with Gasteiger partial charge in [-0.05, 0) is 44.7 Å². The summed E-state index contributed by atoms with van der Waals surface area (Å²) in [6.45, 7) is 10.8. The van der Waals surface area contributed by atoms with E-state index in [2.05, 4.69) is 66.7 Å². The van der Waals surface area contributed by atoms with Gasteiger partial charge in [0.05, 0.1) is 5.71 Å². The lowest BCUT2D eigenvalue weighted by atomic mass is 9.98. The van der Waals surface area contributed by atoms with Gasteiger partial charge in [-0.3, -0.25) is 9.56 Å². The summed E-state index contributed by atoms with van der Waals surface area (Å²) in [6, 6.07) is 8.86. The second-order valence-electron chi connectivity index (χ2n) is 6.86. The van der Waals surface area contributed by atoms with Crippen LogP contribution in [0, 0.1) is 20.8 Å². The zero-order valence-electron chi connectivity index (χ0n) is 16.0. The van der Waals surface area contributed by atoms with Gasteiger partial charge in [0.15, 0.2) is 5.82 Å². The molecule has 0 fully saturated rings. The van der Waals surface area contributed by atoms with Gasteiger partial charge in [0.25, 0.3) is 0 Å². The third-order valence-electron chi connectivity index (χ3n) is 5.26. The number of hydrogen-bond acceptors (Lipinski definition) is 4. The Morgan fingerprint density at radius 1 is 1.04 bits per heavy atom. The molecule has 0 N–H and O–H groups in total. The maximum Gasteiger partial charge on any atom is 0.163 e. The summed E-state index contributed by atoms with van der Waals surface area (Å²) in [6.07, 6.45) is 1.95. The lowest BCUT2D eigenvalue weighted by molar-refractivity contribution is 0.641. The van der Waals surface area contributed by atoms with Gasteiger partial charge in [0.1, 0.15) is 16.9 Å². The first kappa shape index (κ1) is 17.2. The normalized spacial score (nSPS) is 16.0. The minimum absolute atomic E-state index is 0.0244. The first-order valence-electron chi connectivity index (χ1n) is 9.24. The Balaban J connectivity index is 2.01. The van der Waals surface area contributed by atoms with Crippen LogP contribution in [0.5, 0.6) is 0 Å². The van der Waals surface area contributed by atoms with Gasteiger partial charge in [-0.1, -0.05) is 38.1 Å². The van der Waals surface area contributed by atoms with Crippen LogP contribution < -0.4 is 0 Å². The Bertz CT molecular complexity index is 992. The summed E-state index contributed by atoms with van der Waals surface area (Å²) >= 11 is 1.81. The van der Waals surface area contributed by atoms with Crippen LogP contribution in [0.25, 0.3) is 5.00 Å². The second-order valence-corrected chi connectivity index (χ2v) is 8.06. The van der Waals surface area contributed by atoms with Gasteiger partial charge in [0, 0.05) is 16.0 Å². The number of rotatable bonds is 3. The molecule has 3 aromatic rings. The molecule has 4 nitrogen and oxygen atoms in total. The molecule has 0 unspecified atom stereocenters. The van der Waals surface area contributed by atoms with Crippen LogP contribution >= 0.6 is 11.3 Å². The third kappa shape index (κ3) is 2.53. The van der Waals surface area contributed by atoms with Crippen molar-refractivity contribution in [2.24, 2.45) is 4.99 Å². The number of aliphatic imine (C=N–C) groups is 1. The van der Waals surface area contributed by atoms with Gasteiger partial charge in [-0.2, -0.15) is 0 Å². The Morgan fingerprint density at radius 2 is 1.77 bits per heavy atom. The standard InChI is InChI=1S/C21H24N4S/c1-6-15-8-10-16(11-9-15)19-18-12(3)13(4)26-21(18)25-14(5)23-24-20(25)17(7-2)22-19/h8-11,17H,6-7H2,1-5H3/t17-/m0/s1. The molecule has 26 heavy (non-hydrogen) atoms. The highest BCUT2D eigenvalue weighted by atomic mass is 32.1. The van der Waals surface area contributed by atoms with Crippen molar-refractivity contribution in [3.63, 3.8) is 0 Å². The predicted octanol–water partition coefficient (Wildman–Crippen LogP) is 5.12. The van der Waals surface area contributed by atoms with Gasteiger partial charge >= 0.3 is 0 Å². The van der Waals surface area contributed by atoms with Crippen LogP contribution in [-0.2, 0) is 6.42 Å². The van der Waals surface area contributed by atoms with E-state index in [0.29, 0.717) is 0 Å². The molecule has 2 aromatic heterocycles. The van der Waals surface area contributed by atoms with Gasteiger partial charge in [-0.25, -0.2) is 0 Å². The van der Waals surface area contributed by atoms with Crippen molar-refractivity contribution in [2.45, 2.75) is 53.5 Å². The maximum absolute atomic E-state index is 5.19. The average Bonchev–Trinajstić information content (AvgIpc) is 3.12. The first-order valence-corrected chi connectivity index (χ1v) is 10.1. The average molecular weight is 365 g/mol. The largest absolute Gasteiger partial charge is 0.273 e. The Morgan fingerprint density at radius 3 is 2.42 bits per heavy atom. The van der Waals surface area contributed by atoms with E-state index in [1.165, 1.54) is 32.1 Å². The summed E-state index contributed by atoms with van der Waals surface area (Å²) in [4.78, 5) is 6.51. The highest BCUT2D eigenvalue weighted by Crippen LogP contribution is 2.39. The molecule has 3 heterocycles. The van der Waals surface area contributed by atoms with E-state index in [4.69, 9.17) is 4.99 Å². The molecule has 0 spiro atoms. The van der Waals surface area contributed by atoms with Gasteiger partial charge in [0.2, 0.25) is 0 Å². The number of nitrogens with zero attached hydrogens (tertiary/aromatic N) is 4. The van der Waals surface area contributed by atoms with Gasteiger partial charge in [-0.15, -0.1) is 21.5 Å². The van der Waals surface area contributed by atoms with Crippen LogP contribution in [-0.4, -0.2) is 20.5 Å². The quantitative estimate of drug-likeness (QED) is 0.647. The van der Waals surface area contributed by atoms with Crippen molar-refractivity contribution in [3.05, 3.63) is 63.0 Å². The van der Waals surface area contributed by atoms with Crippen LogP contribution in [0.1, 0.15) is 65.1 Å². The molecule has 1 atom stereocenters. The minimum Gasteiger partial charge on any atom is -0.273 e. The highest BCUT2D eigenvalue weighted by molar-refractivity contribution is 7.15. The molecule has 134 valence electrons. The van der Waals surface area contributed by atoms with E-state index in [0.717, 1.165) is 30.2 Å². The molecule has 0 radical (unpaired) electrons. The smallest absolute Gasteiger partial charge is 0.163 e. The van der Waals surface area contributed by atoms with E-state index >= 15 is 0 Å². The molecule has 0 amide bonds. The van der Waals surface area contributed by atoms with E-state index in [1.807, 2.05) is 18.3 Å². The van der Waals surface area contributed by atoms with Crippen molar-refractivity contribution in [2.75, 3.05) is 0 Å². The maximum atomic E-state index is 5.19. The minimum atomic E-state index is 0.0244. The molecule has 4 rings (SSSR count). The van der Waals surface area contributed by atoms with E-state index in [9.17, 15) is 0 Å². The fourth-order valence-corrected chi connectivity index (χ4v) is 4.77. The summed E-state index contributed by atoms with van der Waals surface area (Å²) in [5.41, 5.74) is 6.15. The summed E-state index contributed by atoms with van der Waals surface area (Å²) in [5, 5.41) is 10.0. The molecule has 5 heteroatoms. The van der Waals surface area contributed by atoms with Crippen molar-refractivity contribution >= 4 is 17.0 Å². The van der Waals surface area contributed by atoms with Crippen molar-refractivity contribution < 1.29 is 0 Å². The lowest BCUT2D eigenvalue weighted by Gasteiger charge is -2.11. The third-order valence-corrected chi connectivity index (χ3v) is 6.45. The molecule has 0 bridgehead atoms. The zero-order chi connectivity index (χ0) is 18.4. The number of hydrogen-bond donors (Lipinski definition) is 0. The molecule has 1 aliphatic heterocycles. The topological polar surface area (TPSA) is 43.1 Å².